The van der Waals surface area contributed by atoms with E-state index in [1.165, 1.54) is 7.05 Å². The number of pyridine rings is 1. The van der Waals surface area contributed by atoms with Crippen molar-refractivity contribution in [3.8, 4) is 5.75 Å². The van der Waals surface area contributed by atoms with Gasteiger partial charge in [0.25, 0.3) is 10.0 Å². The van der Waals surface area contributed by atoms with Gasteiger partial charge in [-0.25, -0.2) is 18.1 Å². The van der Waals surface area contributed by atoms with Crippen LogP contribution in [0, 0.1) is 0 Å². The van der Waals surface area contributed by atoms with E-state index in [-0.39, 0.29) is 5.03 Å². The second-order valence-electron chi connectivity index (χ2n) is 4.11. The van der Waals surface area contributed by atoms with Gasteiger partial charge in [0.2, 0.25) is 0 Å². The Morgan fingerprint density at radius 3 is 2.79 bits per heavy atom. The quantitative estimate of drug-likeness (QED) is 0.895. The van der Waals surface area contributed by atoms with Crippen LogP contribution in [0.4, 0.5) is 0 Å². The lowest BCUT2D eigenvalue weighted by molar-refractivity contribution is 0.414. The Kier molecular flexibility index (Phi) is 3.77. The smallest absolute Gasteiger partial charge is 0.259 e. The van der Waals surface area contributed by atoms with E-state index in [0.717, 1.165) is 12.2 Å². The average Bonchev–Trinajstić information content (AvgIpc) is 2.78. The summed E-state index contributed by atoms with van der Waals surface area (Å²) in [5, 5.41) is 0.0392. The molecule has 2 aromatic heterocycles. The number of fused-ring (bicyclic) bond motifs is 1. The van der Waals surface area contributed by atoms with Gasteiger partial charge in [0.15, 0.2) is 5.03 Å². The first kappa shape index (κ1) is 13.8. The molecule has 0 aromatic carbocycles. The number of aromatic nitrogens is 2. The van der Waals surface area contributed by atoms with Gasteiger partial charge in [0, 0.05) is 18.7 Å². The molecule has 0 saturated heterocycles. The van der Waals surface area contributed by atoms with Crippen molar-refractivity contribution in [1.82, 2.24) is 14.1 Å². The number of hydrogen-bond acceptors (Lipinski definition) is 4. The molecule has 0 atom stereocenters. The van der Waals surface area contributed by atoms with Crippen LogP contribution < -0.4 is 9.46 Å². The number of imidazole rings is 1. The highest BCUT2D eigenvalue weighted by Crippen LogP contribution is 2.23. The Labute approximate surface area is 112 Å². The van der Waals surface area contributed by atoms with E-state index in [4.69, 9.17) is 4.74 Å². The average molecular weight is 283 g/mol. The van der Waals surface area contributed by atoms with Crippen LogP contribution in [0.5, 0.6) is 5.75 Å². The number of nitrogens with one attached hydrogen (secondary N) is 1. The standard InChI is InChI=1S/C12H17N3O3S/c1-4-5-11-14-12(19(16,17)13-2)10-8-9(18-3)6-7-15(10)11/h6-8,13H,4-5H2,1-3H3. The minimum absolute atomic E-state index is 0.0392. The predicted molar refractivity (Wildman–Crippen MR) is 72.0 cm³/mol. The molecular weight excluding hydrogens is 266 g/mol. The number of hydrogen-bond donors (Lipinski definition) is 1. The molecule has 0 radical (unpaired) electrons. The Bertz CT molecular complexity index is 692. The van der Waals surface area contributed by atoms with Crippen LogP contribution in [0.1, 0.15) is 19.2 Å². The van der Waals surface area contributed by atoms with E-state index >= 15 is 0 Å². The Morgan fingerprint density at radius 2 is 2.21 bits per heavy atom. The zero-order valence-corrected chi connectivity index (χ0v) is 12.0. The number of aryl methyl sites for hydroxylation is 1. The van der Waals surface area contributed by atoms with Gasteiger partial charge >= 0.3 is 0 Å². The van der Waals surface area contributed by atoms with Gasteiger partial charge in [-0.15, -0.1) is 0 Å². The molecular formula is C12H17N3O3S. The van der Waals surface area contributed by atoms with Crippen molar-refractivity contribution in [2.24, 2.45) is 0 Å². The highest BCUT2D eigenvalue weighted by Gasteiger charge is 2.21. The topological polar surface area (TPSA) is 72.7 Å². The van der Waals surface area contributed by atoms with E-state index in [9.17, 15) is 8.42 Å². The molecule has 0 bridgehead atoms. The van der Waals surface area contributed by atoms with Crippen LogP contribution in [0.2, 0.25) is 0 Å². The molecule has 0 saturated carbocycles. The number of ether oxygens (including phenoxy) is 1. The lowest BCUT2D eigenvalue weighted by Gasteiger charge is -2.03. The molecule has 1 N–H and O–H groups in total. The first-order valence-corrected chi connectivity index (χ1v) is 7.50. The molecule has 0 aliphatic heterocycles. The number of nitrogens with zero attached hydrogens (tertiary/aromatic N) is 2. The van der Waals surface area contributed by atoms with Gasteiger partial charge in [-0.1, -0.05) is 6.92 Å². The van der Waals surface area contributed by atoms with Crippen LogP contribution in [0.3, 0.4) is 0 Å². The van der Waals surface area contributed by atoms with Crippen LogP contribution >= 0.6 is 0 Å². The molecule has 0 aliphatic rings. The molecule has 7 heteroatoms. The third-order valence-corrected chi connectivity index (χ3v) is 4.23. The maximum Gasteiger partial charge on any atom is 0.259 e. The van der Waals surface area contributed by atoms with Crippen molar-refractivity contribution in [2.75, 3.05) is 14.2 Å². The van der Waals surface area contributed by atoms with E-state index in [1.54, 1.807) is 29.8 Å². The van der Waals surface area contributed by atoms with E-state index in [2.05, 4.69) is 9.71 Å². The van der Waals surface area contributed by atoms with E-state index in [0.29, 0.717) is 17.7 Å². The van der Waals surface area contributed by atoms with Crippen LogP contribution in [0.15, 0.2) is 23.4 Å². The Hall–Kier alpha value is -1.60. The van der Waals surface area contributed by atoms with Gasteiger partial charge in [-0.2, -0.15) is 0 Å². The zero-order valence-electron chi connectivity index (χ0n) is 11.2. The summed E-state index contributed by atoms with van der Waals surface area (Å²) < 4.78 is 33.2. The normalized spacial score (nSPS) is 11.9. The zero-order chi connectivity index (χ0) is 14.0. The molecule has 6 nitrogen and oxygen atoms in total. The summed E-state index contributed by atoms with van der Waals surface area (Å²) in [5.41, 5.74) is 0.525. The summed E-state index contributed by atoms with van der Waals surface area (Å²) in [5.74, 6) is 1.33. The third-order valence-electron chi connectivity index (χ3n) is 2.89. The minimum atomic E-state index is -3.58. The molecule has 0 unspecified atom stereocenters. The van der Waals surface area contributed by atoms with Gasteiger partial charge in [0.1, 0.15) is 11.6 Å². The van der Waals surface area contributed by atoms with Crippen molar-refractivity contribution in [2.45, 2.75) is 24.8 Å². The number of rotatable bonds is 5. The summed E-state index contributed by atoms with van der Waals surface area (Å²) >= 11 is 0. The second kappa shape index (κ2) is 5.18. The molecule has 0 fully saturated rings. The minimum Gasteiger partial charge on any atom is -0.497 e. The number of sulfonamides is 1. The first-order valence-electron chi connectivity index (χ1n) is 6.02. The van der Waals surface area contributed by atoms with E-state index in [1.807, 2.05) is 6.92 Å². The molecule has 0 spiro atoms. The summed E-state index contributed by atoms with van der Waals surface area (Å²) in [4.78, 5) is 4.25. The van der Waals surface area contributed by atoms with Gasteiger partial charge in [-0.3, -0.25) is 0 Å². The molecule has 2 heterocycles. The van der Waals surface area contributed by atoms with Crippen molar-refractivity contribution >= 4 is 15.5 Å². The highest BCUT2D eigenvalue weighted by atomic mass is 32.2. The Balaban J connectivity index is 2.75. The fraction of sp³-hybridized carbons (Fsp3) is 0.417. The summed E-state index contributed by atoms with van der Waals surface area (Å²) in [6.45, 7) is 2.02. The fourth-order valence-electron chi connectivity index (χ4n) is 1.92. The van der Waals surface area contributed by atoms with Crippen LogP contribution in [-0.4, -0.2) is 32.0 Å². The SMILES string of the molecule is CCCc1nc(S(=O)(=O)NC)c2cc(OC)ccn12. The highest BCUT2D eigenvalue weighted by molar-refractivity contribution is 7.89. The van der Waals surface area contributed by atoms with E-state index < -0.39 is 10.0 Å². The molecule has 0 aliphatic carbocycles. The second-order valence-corrected chi connectivity index (χ2v) is 5.91. The maximum absolute atomic E-state index is 12.0. The first-order chi connectivity index (χ1) is 9.03. The van der Waals surface area contributed by atoms with Gasteiger partial charge in [0.05, 0.1) is 12.6 Å². The summed E-state index contributed by atoms with van der Waals surface area (Å²) in [6, 6.07) is 3.46. The lowest BCUT2D eigenvalue weighted by atomic mass is 10.3. The van der Waals surface area contributed by atoms with Crippen LogP contribution in [0.25, 0.3) is 5.52 Å². The summed E-state index contributed by atoms with van der Waals surface area (Å²) in [6.07, 6.45) is 3.39. The van der Waals surface area contributed by atoms with Crippen molar-refractivity contribution < 1.29 is 13.2 Å². The van der Waals surface area contributed by atoms with Crippen molar-refractivity contribution in [3.05, 3.63) is 24.2 Å². The molecule has 104 valence electrons. The molecule has 2 aromatic rings. The van der Waals surface area contributed by atoms with Gasteiger partial charge in [-0.05, 0) is 19.5 Å². The van der Waals surface area contributed by atoms with Gasteiger partial charge < -0.3 is 9.14 Å². The predicted octanol–water partition coefficient (Wildman–Crippen LogP) is 1.20. The fourth-order valence-corrected chi connectivity index (χ4v) is 2.77. The number of methoxy groups -OCH3 is 1. The Morgan fingerprint density at radius 1 is 1.47 bits per heavy atom. The molecule has 0 amide bonds. The summed E-state index contributed by atoms with van der Waals surface area (Å²) in [7, 11) is -0.667. The van der Waals surface area contributed by atoms with Crippen molar-refractivity contribution in [1.29, 1.82) is 0 Å². The lowest BCUT2D eigenvalue weighted by Crippen LogP contribution is -2.19. The van der Waals surface area contributed by atoms with Crippen molar-refractivity contribution in [3.63, 3.8) is 0 Å². The molecule has 19 heavy (non-hydrogen) atoms. The molecule has 2 rings (SSSR count). The third kappa shape index (κ3) is 2.43. The largest absolute Gasteiger partial charge is 0.497 e. The maximum atomic E-state index is 12.0. The monoisotopic (exact) mass is 283 g/mol. The van der Waals surface area contributed by atoms with Crippen LogP contribution in [-0.2, 0) is 16.4 Å².